The first kappa shape index (κ1) is 19.3. The normalized spacial score (nSPS) is 22.4. The lowest BCUT2D eigenvalue weighted by Crippen LogP contribution is -2.45. The molecule has 3 rings (SSSR count). The van der Waals surface area contributed by atoms with Crippen LogP contribution in [-0.4, -0.2) is 31.6 Å². The number of nitrogens with one attached hydrogen (secondary N) is 1. The Kier molecular flexibility index (Phi) is 5.73. The fourth-order valence-electron chi connectivity index (χ4n) is 3.75. The zero-order chi connectivity index (χ0) is 19.6. The van der Waals surface area contributed by atoms with Crippen LogP contribution in [0.2, 0.25) is 0 Å². The van der Waals surface area contributed by atoms with E-state index in [1.54, 1.807) is 26.2 Å². The smallest absolute Gasteiger partial charge is 0.375 e. The van der Waals surface area contributed by atoms with Gasteiger partial charge >= 0.3 is 5.97 Å². The van der Waals surface area contributed by atoms with Crippen LogP contribution in [-0.2, 0) is 9.53 Å². The molecule has 0 aliphatic heterocycles. The third kappa shape index (κ3) is 4.10. The SMILES string of the molecule is COc1ccc2oc(C(=O)OCC(=O)N[C@@H]3CCC[C@H](C)[C@@H]3C)c(C)c2c1. The van der Waals surface area contributed by atoms with Gasteiger partial charge < -0.3 is 19.2 Å². The number of carbonyl (C=O) groups is 2. The van der Waals surface area contributed by atoms with Crippen LogP contribution in [0.15, 0.2) is 22.6 Å². The summed E-state index contributed by atoms with van der Waals surface area (Å²) in [6, 6.07) is 5.46. The second kappa shape index (κ2) is 8.03. The molecule has 1 amide bonds. The van der Waals surface area contributed by atoms with E-state index in [2.05, 4.69) is 19.2 Å². The molecule has 0 saturated heterocycles. The van der Waals surface area contributed by atoms with Crippen LogP contribution in [0.25, 0.3) is 11.0 Å². The number of hydrogen-bond acceptors (Lipinski definition) is 5. The van der Waals surface area contributed by atoms with Gasteiger partial charge in [0.15, 0.2) is 6.61 Å². The van der Waals surface area contributed by atoms with Gasteiger partial charge in [-0.15, -0.1) is 0 Å². The minimum absolute atomic E-state index is 0.116. The Morgan fingerprint density at radius 2 is 2.04 bits per heavy atom. The van der Waals surface area contributed by atoms with Crippen LogP contribution >= 0.6 is 0 Å². The molecule has 1 saturated carbocycles. The Morgan fingerprint density at radius 1 is 1.26 bits per heavy atom. The van der Waals surface area contributed by atoms with E-state index in [-0.39, 0.29) is 24.3 Å². The topological polar surface area (TPSA) is 77.8 Å². The molecule has 1 aliphatic rings. The van der Waals surface area contributed by atoms with Gasteiger partial charge in [-0.25, -0.2) is 4.79 Å². The number of amides is 1. The van der Waals surface area contributed by atoms with Crippen molar-refractivity contribution in [3.63, 3.8) is 0 Å². The van der Waals surface area contributed by atoms with Crippen LogP contribution in [0.3, 0.4) is 0 Å². The predicted octanol–water partition coefficient (Wildman–Crippen LogP) is 3.85. The molecule has 6 heteroatoms. The molecule has 1 aromatic heterocycles. The summed E-state index contributed by atoms with van der Waals surface area (Å²) in [5.74, 6) is 0.896. The maximum atomic E-state index is 12.4. The first-order valence-electron chi connectivity index (χ1n) is 9.44. The standard InChI is InChI=1S/C21H27NO5/c1-12-6-5-7-17(13(12)2)22-19(23)11-26-21(24)20-14(3)16-10-15(25-4)8-9-18(16)27-20/h8-10,12-13,17H,5-7,11H2,1-4H3,(H,22,23)/t12-,13-,17+/m0/s1. The number of esters is 1. The molecule has 27 heavy (non-hydrogen) atoms. The number of fused-ring (bicyclic) bond motifs is 1. The van der Waals surface area contributed by atoms with Gasteiger partial charge in [-0.3, -0.25) is 4.79 Å². The van der Waals surface area contributed by atoms with Gasteiger partial charge in [-0.05, 0) is 43.4 Å². The van der Waals surface area contributed by atoms with Gasteiger partial charge in [-0.2, -0.15) is 0 Å². The Balaban J connectivity index is 1.61. The van der Waals surface area contributed by atoms with E-state index < -0.39 is 5.97 Å². The number of rotatable bonds is 5. The molecule has 1 aromatic carbocycles. The first-order valence-corrected chi connectivity index (χ1v) is 9.44. The number of aryl methyl sites for hydroxylation is 1. The molecule has 1 fully saturated rings. The highest BCUT2D eigenvalue weighted by atomic mass is 16.5. The van der Waals surface area contributed by atoms with Crippen molar-refractivity contribution in [2.45, 2.75) is 46.1 Å². The Hall–Kier alpha value is -2.50. The quantitative estimate of drug-likeness (QED) is 0.806. The second-order valence-electron chi connectivity index (χ2n) is 7.44. The first-order chi connectivity index (χ1) is 12.9. The van der Waals surface area contributed by atoms with Crippen molar-refractivity contribution in [2.75, 3.05) is 13.7 Å². The summed E-state index contributed by atoms with van der Waals surface area (Å²) in [5, 5.41) is 3.79. The molecule has 0 radical (unpaired) electrons. The van der Waals surface area contributed by atoms with E-state index in [9.17, 15) is 9.59 Å². The van der Waals surface area contributed by atoms with Crippen molar-refractivity contribution < 1.29 is 23.5 Å². The highest BCUT2D eigenvalue weighted by molar-refractivity contribution is 5.97. The molecule has 3 atom stereocenters. The van der Waals surface area contributed by atoms with Gasteiger partial charge in [-0.1, -0.05) is 26.7 Å². The molecular formula is C21H27NO5. The predicted molar refractivity (Wildman–Crippen MR) is 102 cm³/mol. The molecule has 146 valence electrons. The van der Waals surface area contributed by atoms with E-state index >= 15 is 0 Å². The number of furan rings is 1. The lowest BCUT2D eigenvalue weighted by molar-refractivity contribution is -0.125. The van der Waals surface area contributed by atoms with Crippen LogP contribution < -0.4 is 10.1 Å². The van der Waals surface area contributed by atoms with E-state index in [1.165, 1.54) is 6.42 Å². The van der Waals surface area contributed by atoms with Gasteiger partial charge in [0, 0.05) is 17.0 Å². The summed E-state index contributed by atoms with van der Waals surface area (Å²) >= 11 is 0. The third-order valence-corrected chi connectivity index (χ3v) is 5.72. The van der Waals surface area contributed by atoms with Crippen molar-refractivity contribution in [1.29, 1.82) is 0 Å². The fraction of sp³-hybridized carbons (Fsp3) is 0.524. The Labute approximate surface area is 159 Å². The van der Waals surface area contributed by atoms with Crippen molar-refractivity contribution >= 4 is 22.8 Å². The number of carbonyl (C=O) groups excluding carboxylic acids is 2. The molecule has 0 spiro atoms. The highest BCUT2D eigenvalue weighted by Crippen LogP contribution is 2.30. The van der Waals surface area contributed by atoms with Crippen molar-refractivity contribution in [3.8, 4) is 5.75 Å². The molecule has 1 heterocycles. The van der Waals surface area contributed by atoms with Crippen LogP contribution in [0.1, 0.15) is 49.2 Å². The number of hydrogen-bond donors (Lipinski definition) is 1. The summed E-state index contributed by atoms with van der Waals surface area (Å²) in [6.07, 6.45) is 3.27. The fourth-order valence-corrected chi connectivity index (χ4v) is 3.75. The second-order valence-corrected chi connectivity index (χ2v) is 7.44. The Bertz CT molecular complexity index is 840. The highest BCUT2D eigenvalue weighted by Gasteiger charge is 2.28. The maximum Gasteiger partial charge on any atom is 0.375 e. The molecule has 1 aliphatic carbocycles. The largest absolute Gasteiger partial charge is 0.497 e. The van der Waals surface area contributed by atoms with E-state index in [4.69, 9.17) is 13.9 Å². The maximum absolute atomic E-state index is 12.4. The summed E-state index contributed by atoms with van der Waals surface area (Å²) < 4.78 is 16.0. The monoisotopic (exact) mass is 373 g/mol. The molecule has 2 aromatic rings. The summed E-state index contributed by atoms with van der Waals surface area (Å²) in [6.45, 7) is 5.85. The van der Waals surface area contributed by atoms with Crippen molar-refractivity contribution in [3.05, 3.63) is 29.5 Å². The molecule has 0 unspecified atom stereocenters. The lowest BCUT2D eigenvalue weighted by atomic mass is 9.78. The van der Waals surface area contributed by atoms with E-state index in [0.717, 1.165) is 18.2 Å². The summed E-state index contributed by atoms with van der Waals surface area (Å²) in [4.78, 5) is 24.6. The molecule has 1 N–H and O–H groups in total. The summed E-state index contributed by atoms with van der Waals surface area (Å²) in [7, 11) is 1.58. The van der Waals surface area contributed by atoms with E-state index in [1.807, 2.05) is 6.07 Å². The van der Waals surface area contributed by atoms with Crippen LogP contribution in [0, 0.1) is 18.8 Å². The minimum Gasteiger partial charge on any atom is -0.497 e. The van der Waals surface area contributed by atoms with Gasteiger partial charge in [0.05, 0.1) is 7.11 Å². The zero-order valence-corrected chi connectivity index (χ0v) is 16.3. The number of benzene rings is 1. The van der Waals surface area contributed by atoms with Crippen molar-refractivity contribution in [1.82, 2.24) is 5.32 Å². The average Bonchev–Trinajstić information content (AvgIpc) is 2.99. The third-order valence-electron chi connectivity index (χ3n) is 5.72. The van der Waals surface area contributed by atoms with E-state index in [0.29, 0.717) is 28.7 Å². The molecule has 0 bridgehead atoms. The Morgan fingerprint density at radius 3 is 2.78 bits per heavy atom. The molecule has 6 nitrogen and oxygen atoms in total. The molecular weight excluding hydrogens is 346 g/mol. The number of ether oxygens (including phenoxy) is 2. The average molecular weight is 373 g/mol. The summed E-state index contributed by atoms with van der Waals surface area (Å²) in [5.41, 5.74) is 1.25. The van der Waals surface area contributed by atoms with Gasteiger partial charge in [0.1, 0.15) is 11.3 Å². The van der Waals surface area contributed by atoms with Gasteiger partial charge in [0.25, 0.3) is 5.91 Å². The lowest BCUT2D eigenvalue weighted by Gasteiger charge is -2.34. The minimum atomic E-state index is -0.636. The van der Waals surface area contributed by atoms with Crippen molar-refractivity contribution in [2.24, 2.45) is 11.8 Å². The van der Waals surface area contributed by atoms with Crippen LogP contribution in [0.4, 0.5) is 0 Å². The van der Waals surface area contributed by atoms with Gasteiger partial charge in [0.2, 0.25) is 5.76 Å². The van der Waals surface area contributed by atoms with Crippen LogP contribution in [0.5, 0.6) is 5.75 Å². The number of methoxy groups -OCH3 is 1. The zero-order valence-electron chi connectivity index (χ0n) is 16.3.